The average molecular weight is 395 g/mol. The van der Waals surface area contributed by atoms with Crippen molar-refractivity contribution in [2.75, 3.05) is 33.4 Å². The van der Waals surface area contributed by atoms with Crippen LogP contribution in [0.5, 0.6) is 5.75 Å². The van der Waals surface area contributed by atoms with Gasteiger partial charge in [-0.3, -0.25) is 4.79 Å². The number of carbonyl (C=O) groups is 1. The number of hydrogen-bond acceptors (Lipinski definition) is 4. The molecule has 1 saturated heterocycles. The number of amides is 1. The third-order valence-electron chi connectivity index (χ3n) is 5.61. The normalized spacial score (nSPS) is 19.3. The van der Waals surface area contributed by atoms with Crippen molar-refractivity contribution in [1.82, 2.24) is 10.2 Å². The summed E-state index contributed by atoms with van der Waals surface area (Å²) in [4.78, 5) is 15.2. The first kappa shape index (κ1) is 20.4. The summed E-state index contributed by atoms with van der Waals surface area (Å²) >= 11 is 6.12. The Labute approximate surface area is 167 Å². The number of ether oxygens (including phenoxy) is 2. The van der Waals surface area contributed by atoms with Crippen LogP contribution in [0, 0.1) is 0 Å². The number of methoxy groups -OCH3 is 1. The van der Waals surface area contributed by atoms with Gasteiger partial charge in [0.25, 0.3) is 5.91 Å². The zero-order valence-electron chi connectivity index (χ0n) is 16.2. The molecule has 1 amide bonds. The van der Waals surface area contributed by atoms with Crippen LogP contribution in [0.25, 0.3) is 0 Å². The van der Waals surface area contributed by atoms with Gasteiger partial charge in [-0.2, -0.15) is 0 Å². The van der Waals surface area contributed by atoms with E-state index in [1.807, 2.05) is 6.07 Å². The Balaban J connectivity index is 1.55. The maximum absolute atomic E-state index is 12.5. The molecule has 0 bridgehead atoms. The largest absolute Gasteiger partial charge is 0.489 e. The fraction of sp³-hybridized carbons (Fsp3) is 0.667. The summed E-state index contributed by atoms with van der Waals surface area (Å²) in [5, 5.41) is 3.46. The topological polar surface area (TPSA) is 50.8 Å². The first-order chi connectivity index (χ1) is 13.2. The molecular formula is C21H31ClN2O3. The number of carbonyl (C=O) groups excluding carboxylic acids is 1. The fourth-order valence-electron chi connectivity index (χ4n) is 4.10. The van der Waals surface area contributed by atoms with Crippen LogP contribution in [-0.2, 0) is 4.74 Å². The minimum absolute atomic E-state index is 0.146. The summed E-state index contributed by atoms with van der Waals surface area (Å²) in [7, 11) is 1.66. The highest BCUT2D eigenvalue weighted by Gasteiger charge is 2.28. The molecule has 0 aromatic heterocycles. The van der Waals surface area contributed by atoms with Crippen molar-refractivity contribution < 1.29 is 14.3 Å². The van der Waals surface area contributed by atoms with Crippen LogP contribution in [-0.4, -0.2) is 56.3 Å². The zero-order chi connectivity index (χ0) is 19.1. The first-order valence-corrected chi connectivity index (χ1v) is 10.5. The Morgan fingerprint density at radius 3 is 2.67 bits per heavy atom. The van der Waals surface area contributed by atoms with Gasteiger partial charge in [0, 0.05) is 44.4 Å². The molecule has 0 atom stereocenters. The van der Waals surface area contributed by atoms with E-state index in [-0.39, 0.29) is 12.0 Å². The van der Waals surface area contributed by atoms with Gasteiger partial charge >= 0.3 is 0 Å². The third kappa shape index (κ3) is 5.84. The van der Waals surface area contributed by atoms with Crippen molar-refractivity contribution in [3.8, 4) is 5.75 Å². The van der Waals surface area contributed by atoms with Gasteiger partial charge in [-0.25, -0.2) is 0 Å². The van der Waals surface area contributed by atoms with E-state index in [2.05, 4.69) is 10.2 Å². The van der Waals surface area contributed by atoms with E-state index < -0.39 is 0 Å². The highest BCUT2D eigenvalue weighted by atomic mass is 35.5. The Morgan fingerprint density at radius 2 is 1.96 bits per heavy atom. The molecule has 2 fully saturated rings. The minimum atomic E-state index is -0.146. The molecule has 5 nitrogen and oxygen atoms in total. The van der Waals surface area contributed by atoms with E-state index in [0.717, 1.165) is 38.4 Å². The van der Waals surface area contributed by atoms with Crippen LogP contribution in [0.4, 0.5) is 0 Å². The molecule has 1 N–H and O–H groups in total. The van der Waals surface area contributed by atoms with Crippen molar-refractivity contribution in [2.24, 2.45) is 0 Å². The second kappa shape index (κ2) is 10.3. The smallest absolute Gasteiger partial charge is 0.255 e. The molecule has 1 saturated carbocycles. The van der Waals surface area contributed by atoms with E-state index in [0.29, 0.717) is 29.5 Å². The number of nitrogens with one attached hydrogen (secondary N) is 1. The standard InChI is InChI=1S/C21H31ClN2O3/c1-26-14-4-11-23-21(25)19-15-16(22)7-8-20(19)27-18-9-12-24(13-10-18)17-5-2-3-6-17/h7-8,15,17-18H,2-6,9-14H2,1H3,(H,23,25). The summed E-state index contributed by atoms with van der Waals surface area (Å²) in [5.74, 6) is 0.481. The number of hydrogen-bond donors (Lipinski definition) is 1. The van der Waals surface area contributed by atoms with Gasteiger partial charge in [0.1, 0.15) is 11.9 Å². The van der Waals surface area contributed by atoms with Crippen molar-refractivity contribution in [3.63, 3.8) is 0 Å². The number of nitrogens with zero attached hydrogens (tertiary/aromatic N) is 1. The number of rotatable bonds is 8. The molecule has 3 rings (SSSR count). The molecule has 0 spiro atoms. The second-order valence-corrected chi connectivity index (χ2v) is 7.97. The SMILES string of the molecule is COCCCNC(=O)c1cc(Cl)ccc1OC1CCN(C2CCCC2)CC1. The van der Waals surface area contributed by atoms with Crippen LogP contribution in [0.3, 0.4) is 0 Å². The molecule has 1 aromatic carbocycles. The molecule has 2 aliphatic rings. The zero-order valence-corrected chi connectivity index (χ0v) is 17.0. The van der Waals surface area contributed by atoms with E-state index in [1.54, 1.807) is 19.2 Å². The molecular weight excluding hydrogens is 364 g/mol. The fourth-order valence-corrected chi connectivity index (χ4v) is 4.28. The summed E-state index contributed by atoms with van der Waals surface area (Å²) in [6.45, 7) is 3.36. The van der Waals surface area contributed by atoms with Crippen LogP contribution < -0.4 is 10.1 Å². The Morgan fingerprint density at radius 1 is 1.22 bits per heavy atom. The number of piperidine rings is 1. The monoisotopic (exact) mass is 394 g/mol. The van der Waals surface area contributed by atoms with Gasteiger partial charge in [0.2, 0.25) is 0 Å². The van der Waals surface area contributed by atoms with Gasteiger partial charge < -0.3 is 19.7 Å². The van der Waals surface area contributed by atoms with Crippen molar-refractivity contribution >= 4 is 17.5 Å². The van der Waals surface area contributed by atoms with Gasteiger partial charge in [-0.1, -0.05) is 24.4 Å². The number of likely N-dealkylation sites (tertiary alicyclic amines) is 1. The highest BCUT2D eigenvalue weighted by Crippen LogP contribution is 2.29. The number of halogens is 1. The van der Waals surface area contributed by atoms with Gasteiger partial charge in [-0.15, -0.1) is 0 Å². The van der Waals surface area contributed by atoms with E-state index >= 15 is 0 Å². The molecule has 1 aliphatic carbocycles. The molecule has 1 heterocycles. The highest BCUT2D eigenvalue weighted by molar-refractivity contribution is 6.31. The Kier molecular flexibility index (Phi) is 7.80. The van der Waals surface area contributed by atoms with E-state index in [9.17, 15) is 4.79 Å². The van der Waals surface area contributed by atoms with Crippen molar-refractivity contribution in [3.05, 3.63) is 28.8 Å². The summed E-state index contributed by atoms with van der Waals surface area (Å²) in [6, 6.07) is 6.06. The maximum Gasteiger partial charge on any atom is 0.255 e. The van der Waals surface area contributed by atoms with Crippen LogP contribution in [0.2, 0.25) is 5.02 Å². The lowest BCUT2D eigenvalue weighted by Crippen LogP contribution is -2.43. The second-order valence-electron chi connectivity index (χ2n) is 7.53. The van der Waals surface area contributed by atoms with Crippen LogP contribution in [0.1, 0.15) is 55.3 Å². The molecule has 27 heavy (non-hydrogen) atoms. The van der Waals surface area contributed by atoms with Crippen LogP contribution in [0.15, 0.2) is 18.2 Å². The Hall–Kier alpha value is -1.30. The molecule has 1 aromatic rings. The van der Waals surface area contributed by atoms with Crippen molar-refractivity contribution in [2.45, 2.75) is 57.1 Å². The van der Waals surface area contributed by atoms with Crippen molar-refractivity contribution in [1.29, 1.82) is 0 Å². The molecule has 0 unspecified atom stereocenters. The predicted octanol–water partition coefficient (Wildman–Crippen LogP) is 3.89. The minimum Gasteiger partial charge on any atom is -0.489 e. The lowest BCUT2D eigenvalue weighted by molar-refractivity contribution is 0.0750. The van der Waals surface area contributed by atoms with E-state index in [4.69, 9.17) is 21.1 Å². The first-order valence-electron chi connectivity index (χ1n) is 10.1. The maximum atomic E-state index is 12.5. The molecule has 6 heteroatoms. The lowest BCUT2D eigenvalue weighted by Gasteiger charge is -2.36. The summed E-state index contributed by atoms with van der Waals surface area (Å²) < 4.78 is 11.2. The molecule has 1 aliphatic heterocycles. The lowest BCUT2D eigenvalue weighted by atomic mass is 10.0. The predicted molar refractivity (Wildman–Crippen MR) is 108 cm³/mol. The third-order valence-corrected chi connectivity index (χ3v) is 5.84. The summed E-state index contributed by atoms with van der Waals surface area (Å²) in [6.07, 6.45) is 8.37. The summed E-state index contributed by atoms with van der Waals surface area (Å²) in [5.41, 5.74) is 0.512. The quantitative estimate of drug-likeness (QED) is 0.679. The van der Waals surface area contributed by atoms with Gasteiger partial charge in [0.05, 0.1) is 5.56 Å². The molecule has 0 radical (unpaired) electrons. The molecule has 150 valence electrons. The number of benzene rings is 1. The average Bonchev–Trinajstić information content (AvgIpc) is 3.22. The van der Waals surface area contributed by atoms with Gasteiger partial charge in [0.15, 0.2) is 0 Å². The Bertz CT molecular complexity index is 611. The van der Waals surface area contributed by atoms with Crippen LogP contribution >= 0.6 is 11.6 Å². The van der Waals surface area contributed by atoms with E-state index in [1.165, 1.54) is 25.7 Å². The van der Waals surface area contributed by atoms with Gasteiger partial charge in [-0.05, 0) is 50.3 Å².